The molecule has 68 valence electrons. The van der Waals surface area contributed by atoms with E-state index in [1.54, 1.807) is 0 Å². The Morgan fingerprint density at radius 3 is 1.33 bits per heavy atom. The molecular formula is C6HF5Ru. The second kappa shape index (κ2) is 3.94. The van der Waals surface area contributed by atoms with E-state index in [9.17, 15) is 22.0 Å². The van der Waals surface area contributed by atoms with Crippen LogP contribution in [-0.4, -0.2) is 0 Å². The van der Waals surface area contributed by atoms with Gasteiger partial charge in [-0.3, -0.25) is 0 Å². The number of hydrogen-bond donors (Lipinski definition) is 0. The third-order valence-electron chi connectivity index (χ3n) is 1.06. The van der Waals surface area contributed by atoms with Crippen LogP contribution in [0, 0.1) is 29.1 Å². The van der Waals surface area contributed by atoms with Gasteiger partial charge in [-0.25, -0.2) is 22.0 Å². The number of benzene rings is 1. The number of halogens is 5. The molecule has 6 heteroatoms. The normalized spacial score (nSPS) is 9.42. The molecule has 0 N–H and O–H groups in total. The zero-order valence-electron chi connectivity index (χ0n) is 5.32. The first-order valence-electron chi connectivity index (χ1n) is 2.52. The van der Waals surface area contributed by atoms with E-state index in [1.807, 2.05) is 0 Å². The van der Waals surface area contributed by atoms with E-state index in [0.717, 1.165) is 0 Å². The topological polar surface area (TPSA) is 0 Å². The maximum absolute atomic E-state index is 12.0. The van der Waals surface area contributed by atoms with Gasteiger partial charge in [0.1, 0.15) is 0 Å². The summed E-state index contributed by atoms with van der Waals surface area (Å²) in [5, 5.41) is 0. The first kappa shape index (κ1) is 11.5. The molecule has 0 fully saturated rings. The summed E-state index contributed by atoms with van der Waals surface area (Å²) in [6.07, 6.45) is 0. The van der Waals surface area contributed by atoms with Crippen LogP contribution >= 0.6 is 0 Å². The quantitative estimate of drug-likeness (QED) is 0.293. The van der Waals surface area contributed by atoms with Crippen LogP contribution in [0.2, 0.25) is 0 Å². The minimum atomic E-state index is -2.14. The van der Waals surface area contributed by atoms with Crippen LogP contribution in [0.4, 0.5) is 22.0 Å². The molecule has 12 heavy (non-hydrogen) atoms. The molecule has 0 saturated carbocycles. The van der Waals surface area contributed by atoms with E-state index < -0.39 is 29.1 Å². The van der Waals surface area contributed by atoms with Crippen molar-refractivity contribution in [3.63, 3.8) is 0 Å². The van der Waals surface area contributed by atoms with Gasteiger partial charge < -0.3 is 0 Å². The van der Waals surface area contributed by atoms with Gasteiger partial charge in [-0.1, -0.05) is 0 Å². The van der Waals surface area contributed by atoms with E-state index in [0.29, 0.717) is 0 Å². The minimum Gasteiger partial charge on any atom is -0.204 e. The van der Waals surface area contributed by atoms with Crippen LogP contribution < -0.4 is 0 Å². The molecule has 0 aromatic heterocycles. The third kappa shape index (κ3) is 1.80. The van der Waals surface area contributed by atoms with Crippen LogP contribution in [0.5, 0.6) is 0 Å². The van der Waals surface area contributed by atoms with Gasteiger partial charge in [0.05, 0.1) is 0 Å². The van der Waals surface area contributed by atoms with E-state index in [1.165, 1.54) is 0 Å². The Morgan fingerprint density at radius 2 is 1.00 bits per heavy atom. The smallest absolute Gasteiger partial charge is 0.200 e. The van der Waals surface area contributed by atoms with Crippen LogP contribution in [0.25, 0.3) is 0 Å². The Bertz CT molecular complexity index is 272. The second-order valence-corrected chi connectivity index (χ2v) is 1.78. The molecule has 0 unspecified atom stereocenters. The molecule has 1 rings (SSSR count). The van der Waals surface area contributed by atoms with Crippen molar-refractivity contribution in [2.45, 2.75) is 0 Å². The average molecular weight is 269 g/mol. The van der Waals surface area contributed by atoms with Crippen molar-refractivity contribution in [3.05, 3.63) is 35.2 Å². The van der Waals surface area contributed by atoms with Crippen LogP contribution in [-0.2, 0) is 19.5 Å². The molecule has 0 aliphatic rings. The summed E-state index contributed by atoms with van der Waals surface area (Å²) in [4.78, 5) is 0. The molecule has 0 aliphatic heterocycles. The summed E-state index contributed by atoms with van der Waals surface area (Å²) in [7, 11) is 0. The van der Waals surface area contributed by atoms with E-state index in [2.05, 4.69) is 0 Å². The zero-order valence-corrected chi connectivity index (χ0v) is 7.06. The largest absolute Gasteiger partial charge is 0.204 e. The molecule has 1 aromatic rings. The summed E-state index contributed by atoms with van der Waals surface area (Å²) < 4.78 is 60.0. The fourth-order valence-electron chi connectivity index (χ4n) is 0.544. The molecule has 0 saturated heterocycles. The standard InChI is InChI=1S/C6HF5.Ru/c7-2-1-3(8)5(10)6(11)4(2)9;/h1H;. The Morgan fingerprint density at radius 1 is 0.667 bits per heavy atom. The van der Waals surface area contributed by atoms with Gasteiger partial charge in [-0.15, -0.1) is 0 Å². The molecule has 0 heterocycles. The molecule has 0 nitrogen and oxygen atoms in total. The molecule has 0 amide bonds. The maximum atomic E-state index is 12.0. The molecule has 1 aromatic carbocycles. The summed E-state index contributed by atoms with van der Waals surface area (Å²) in [6, 6.07) is -0.0618. The third-order valence-corrected chi connectivity index (χ3v) is 1.06. The van der Waals surface area contributed by atoms with E-state index in [4.69, 9.17) is 0 Å². The summed E-state index contributed by atoms with van der Waals surface area (Å²) >= 11 is 0. The number of hydrogen-bond acceptors (Lipinski definition) is 0. The van der Waals surface area contributed by atoms with Gasteiger partial charge in [0.15, 0.2) is 23.3 Å². The molecule has 0 aliphatic carbocycles. The molecular weight excluding hydrogens is 268 g/mol. The van der Waals surface area contributed by atoms with Crippen molar-refractivity contribution in [3.8, 4) is 0 Å². The molecule has 0 spiro atoms. The summed E-state index contributed by atoms with van der Waals surface area (Å²) in [6.45, 7) is 0. The van der Waals surface area contributed by atoms with Gasteiger partial charge in [0.2, 0.25) is 5.82 Å². The van der Waals surface area contributed by atoms with Crippen molar-refractivity contribution in [1.82, 2.24) is 0 Å². The van der Waals surface area contributed by atoms with Crippen molar-refractivity contribution >= 4 is 0 Å². The first-order valence-corrected chi connectivity index (χ1v) is 2.52. The van der Waals surface area contributed by atoms with Crippen molar-refractivity contribution < 1.29 is 41.4 Å². The Balaban J connectivity index is 0.00000121. The van der Waals surface area contributed by atoms with Gasteiger partial charge in [0, 0.05) is 25.5 Å². The average Bonchev–Trinajstić information content (AvgIpc) is 1.97. The second-order valence-electron chi connectivity index (χ2n) is 1.78. The summed E-state index contributed by atoms with van der Waals surface area (Å²) in [5.41, 5.74) is 0. The van der Waals surface area contributed by atoms with Crippen LogP contribution in [0.15, 0.2) is 6.07 Å². The SMILES string of the molecule is Fc1cc(F)c(F)c(F)c1F.[Ru]. The van der Waals surface area contributed by atoms with Gasteiger partial charge in [0.25, 0.3) is 0 Å². The minimum absolute atomic E-state index is 0. The van der Waals surface area contributed by atoms with E-state index in [-0.39, 0.29) is 25.5 Å². The molecule has 0 atom stereocenters. The first-order chi connectivity index (χ1) is 5.04. The maximum Gasteiger partial charge on any atom is 0.200 e. The fourth-order valence-corrected chi connectivity index (χ4v) is 0.544. The number of rotatable bonds is 0. The molecule has 0 radical (unpaired) electrons. The van der Waals surface area contributed by atoms with E-state index >= 15 is 0 Å². The van der Waals surface area contributed by atoms with Gasteiger partial charge in [-0.2, -0.15) is 0 Å². The van der Waals surface area contributed by atoms with Gasteiger partial charge in [-0.05, 0) is 0 Å². The van der Waals surface area contributed by atoms with Crippen molar-refractivity contribution in [2.24, 2.45) is 0 Å². The Kier molecular flexibility index (Phi) is 3.77. The van der Waals surface area contributed by atoms with Crippen LogP contribution in [0.1, 0.15) is 0 Å². The Hall–Kier alpha value is -0.507. The Labute approximate surface area is 77.1 Å². The predicted molar refractivity (Wildman–Crippen MR) is 26.2 cm³/mol. The summed E-state index contributed by atoms with van der Waals surface area (Å²) in [5.74, 6) is -9.65. The fraction of sp³-hybridized carbons (Fsp3) is 0. The van der Waals surface area contributed by atoms with Crippen molar-refractivity contribution in [2.75, 3.05) is 0 Å². The zero-order chi connectivity index (χ0) is 8.59. The molecule has 0 bridgehead atoms. The predicted octanol–water partition coefficient (Wildman–Crippen LogP) is 2.38. The van der Waals surface area contributed by atoms with Crippen molar-refractivity contribution in [1.29, 1.82) is 0 Å². The monoisotopic (exact) mass is 270 g/mol. The van der Waals surface area contributed by atoms with Gasteiger partial charge >= 0.3 is 0 Å². The van der Waals surface area contributed by atoms with Crippen LogP contribution in [0.3, 0.4) is 0 Å².